The highest BCUT2D eigenvalue weighted by atomic mass is 79.9. The van der Waals surface area contributed by atoms with E-state index in [9.17, 15) is 9.59 Å². The smallest absolute Gasteiger partial charge is 0.253 e. The number of hydrogen-bond acceptors (Lipinski definition) is 3. The van der Waals surface area contributed by atoms with E-state index in [1.165, 1.54) is 0 Å². The number of carbonyl (C=O) groups is 2. The Morgan fingerprint density at radius 2 is 1.52 bits per heavy atom. The van der Waals surface area contributed by atoms with Crippen LogP contribution in [-0.2, 0) is 11.2 Å². The van der Waals surface area contributed by atoms with E-state index < -0.39 is 0 Å². The van der Waals surface area contributed by atoms with Crippen LogP contribution in [0.3, 0.4) is 0 Å². The van der Waals surface area contributed by atoms with Gasteiger partial charge in [0.25, 0.3) is 5.91 Å². The van der Waals surface area contributed by atoms with Gasteiger partial charge in [-0.2, -0.15) is 0 Å². The van der Waals surface area contributed by atoms with E-state index in [4.69, 9.17) is 0 Å². The maximum atomic E-state index is 11.7. The van der Waals surface area contributed by atoms with E-state index in [1.807, 2.05) is 36.4 Å². The average Bonchev–Trinajstić information content (AvgIpc) is 3.13. The molecule has 2 aliphatic heterocycles. The van der Waals surface area contributed by atoms with Crippen molar-refractivity contribution in [1.82, 2.24) is 15.6 Å². The summed E-state index contributed by atoms with van der Waals surface area (Å²) in [4.78, 5) is 26.2. The Morgan fingerprint density at radius 3 is 2.26 bits per heavy atom. The molecule has 0 aliphatic carbocycles. The number of fused-ring (bicyclic) bond motifs is 3. The van der Waals surface area contributed by atoms with Gasteiger partial charge in [0.1, 0.15) is 0 Å². The molecule has 6 nitrogen and oxygen atoms in total. The molecule has 2 aliphatic rings. The SMILES string of the molecule is O=C1C=C(Nc2c(Br)cccc2Br)CCN1.O=C1NCCc2[nH]c3c(Br)cccc3c21. The molecule has 4 N–H and O–H groups in total. The number of nitrogens with one attached hydrogen (secondary N) is 4. The van der Waals surface area contributed by atoms with E-state index in [2.05, 4.69) is 68.7 Å². The number of aromatic amines is 1. The molecule has 3 aromatic rings. The molecular formula is C22H19Br3N4O2. The van der Waals surface area contributed by atoms with Crippen LogP contribution in [0.4, 0.5) is 5.69 Å². The molecule has 31 heavy (non-hydrogen) atoms. The summed E-state index contributed by atoms with van der Waals surface area (Å²) in [6.07, 6.45) is 3.29. The first-order valence-corrected chi connectivity index (χ1v) is 12.1. The van der Waals surface area contributed by atoms with E-state index in [0.717, 1.165) is 66.3 Å². The molecule has 0 radical (unpaired) electrons. The maximum Gasteiger partial charge on any atom is 0.253 e. The van der Waals surface area contributed by atoms with Crippen molar-refractivity contribution in [3.63, 3.8) is 0 Å². The first-order chi connectivity index (χ1) is 14.9. The zero-order chi connectivity index (χ0) is 22.0. The van der Waals surface area contributed by atoms with Crippen LogP contribution in [-0.4, -0.2) is 29.9 Å². The highest BCUT2D eigenvalue weighted by Crippen LogP contribution is 2.32. The zero-order valence-electron chi connectivity index (χ0n) is 16.3. The minimum Gasteiger partial charge on any atom is -0.357 e. The second-order valence-electron chi connectivity index (χ2n) is 7.08. The van der Waals surface area contributed by atoms with E-state index >= 15 is 0 Å². The third kappa shape index (κ3) is 4.88. The molecule has 2 aromatic carbocycles. The predicted molar refractivity (Wildman–Crippen MR) is 133 cm³/mol. The molecule has 5 rings (SSSR count). The Bertz CT molecular complexity index is 1180. The molecule has 1 aromatic heterocycles. The largest absolute Gasteiger partial charge is 0.357 e. The summed E-state index contributed by atoms with van der Waals surface area (Å²) in [6.45, 7) is 1.40. The van der Waals surface area contributed by atoms with E-state index in [-0.39, 0.29) is 11.8 Å². The first-order valence-electron chi connectivity index (χ1n) is 9.70. The second-order valence-corrected chi connectivity index (χ2v) is 9.64. The number of anilines is 1. The summed E-state index contributed by atoms with van der Waals surface area (Å²) in [5, 5.41) is 9.86. The molecule has 160 valence electrons. The summed E-state index contributed by atoms with van der Waals surface area (Å²) in [6, 6.07) is 11.7. The van der Waals surface area contributed by atoms with Crippen molar-refractivity contribution in [2.24, 2.45) is 0 Å². The van der Waals surface area contributed by atoms with Gasteiger partial charge < -0.3 is 20.9 Å². The van der Waals surface area contributed by atoms with Crippen molar-refractivity contribution >= 4 is 76.2 Å². The minimum atomic E-state index is -0.0445. The number of para-hydroxylation sites is 2. The fourth-order valence-corrected chi connectivity index (χ4v) is 5.21. The van der Waals surface area contributed by atoms with Gasteiger partial charge in [0.05, 0.1) is 16.8 Å². The van der Waals surface area contributed by atoms with Crippen LogP contribution >= 0.6 is 47.8 Å². The van der Waals surface area contributed by atoms with Crippen LogP contribution in [0.25, 0.3) is 10.9 Å². The predicted octanol–water partition coefficient (Wildman–Crippen LogP) is 5.24. The quantitative estimate of drug-likeness (QED) is 0.320. The summed E-state index contributed by atoms with van der Waals surface area (Å²) in [5.41, 5.74) is 4.73. The van der Waals surface area contributed by atoms with Gasteiger partial charge in [-0.05, 0) is 66.0 Å². The molecule has 0 spiro atoms. The van der Waals surface area contributed by atoms with Gasteiger partial charge >= 0.3 is 0 Å². The Kier molecular flexibility index (Phi) is 6.83. The number of carbonyl (C=O) groups excluding carboxylic acids is 2. The van der Waals surface area contributed by atoms with Crippen LogP contribution < -0.4 is 16.0 Å². The number of H-pyrrole nitrogens is 1. The lowest BCUT2D eigenvalue weighted by molar-refractivity contribution is -0.116. The van der Waals surface area contributed by atoms with E-state index in [1.54, 1.807) is 6.08 Å². The highest BCUT2D eigenvalue weighted by molar-refractivity contribution is 9.11. The Hall–Kier alpha value is -2.10. The molecule has 0 bridgehead atoms. The van der Waals surface area contributed by atoms with Crippen molar-refractivity contribution in [3.8, 4) is 0 Å². The molecule has 9 heteroatoms. The number of benzene rings is 2. The van der Waals surface area contributed by atoms with Gasteiger partial charge in [-0.15, -0.1) is 0 Å². The third-order valence-electron chi connectivity index (χ3n) is 5.00. The monoisotopic (exact) mass is 608 g/mol. The molecule has 0 saturated carbocycles. The number of aromatic nitrogens is 1. The zero-order valence-corrected chi connectivity index (χ0v) is 21.1. The molecule has 3 heterocycles. The van der Waals surface area contributed by atoms with Crippen LogP contribution in [0, 0.1) is 0 Å². The fourth-order valence-electron chi connectivity index (χ4n) is 3.55. The Morgan fingerprint density at radius 1 is 0.839 bits per heavy atom. The van der Waals surface area contributed by atoms with Crippen molar-refractivity contribution in [1.29, 1.82) is 0 Å². The minimum absolute atomic E-state index is 0.0283. The van der Waals surface area contributed by atoms with Crippen molar-refractivity contribution in [3.05, 3.63) is 72.8 Å². The lowest BCUT2D eigenvalue weighted by Crippen LogP contribution is -2.31. The van der Waals surface area contributed by atoms with Crippen LogP contribution in [0.15, 0.2) is 61.6 Å². The normalized spacial score (nSPS) is 15.3. The van der Waals surface area contributed by atoms with Crippen LogP contribution in [0.5, 0.6) is 0 Å². The van der Waals surface area contributed by atoms with Crippen molar-refractivity contribution < 1.29 is 9.59 Å². The van der Waals surface area contributed by atoms with Gasteiger partial charge in [-0.1, -0.05) is 18.2 Å². The summed E-state index contributed by atoms with van der Waals surface area (Å²) in [7, 11) is 0. The lowest BCUT2D eigenvalue weighted by atomic mass is 10.1. The number of amides is 2. The Labute approximate surface area is 204 Å². The van der Waals surface area contributed by atoms with Crippen molar-refractivity contribution in [2.45, 2.75) is 12.8 Å². The topological polar surface area (TPSA) is 86.0 Å². The van der Waals surface area contributed by atoms with Crippen LogP contribution in [0.1, 0.15) is 22.5 Å². The van der Waals surface area contributed by atoms with Gasteiger partial charge in [0.2, 0.25) is 5.91 Å². The first kappa shape index (κ1) is 22.1. The lowest BCUT2D eigenvalue weighted by Gasteiger charge is -2.17. The molecule has 0 fully saturated rings. The highest BCUT2D eigenvalue weighted by Gasteiger charge is 2.22. The maximum absolute atomic E-state index is 11.7. The van der Waals surface area contributed by atoms with Gasteiger partial charge in [0, 0.05) is 62.2 Å². The summed E-state index contributed by atoms with van der Waals surface area (Å²) >= 11 is 10.4. The summed E-state index contributed by atoms with van der Waals surface area (Å²) in [5.74, 6) is -0.0162. The molecule has 0 saturated heterocycles. The number of halogens is 3. The molecule has 0 atom stereocenters. The second kappa shape index (κ2) is 9.58. The molecule has 2 amide bonds. The van der Waals surface area contributed by atoms with Gasteiger partial charge in [0.15, 0.2) is 0 Å². The Balaban J connectivity index is 0.000000149. The van der Waals surface area contributed by atoms with Crippen molar-refractivity contribution in [2.75, 3.05) is 18.4 Å². The van der Waals surface area contributed by atoms with Gasteiger partial charge in [-0.25, -0.2) is 0 Å². The standard InChI is InChI=1S/C11H10Br2N2O.C11H9BrN2O/c12-8-2-1-3-9(13)11(8)15-7-4-5-14-10(16)6-7;12-7-3-1-2-6-9-8(14-10(6)7)4-5-13-11(9)15/h1-3,6,15H,4-5H2,(H,14,16);1-3,14H,4-5H2,(H,13,15). The summed E-state index contributed by atoms with van der Waals surface area (Å²) < 4.78 is 2.93. The third-order valence-corrected chi connectivity index (χ3v) is 6.98. The van der Waals surface area contributed by atoms with Crippen LogP contribution in [0.2, 0.25) is 0 Å². The fraction of sp³-hybridized carbons (Fsp3) is 0.182. The average molecular weight is 611 g/mol. The molecule has 0 unspecified atom stereocenters. The number of rotatable bonds is 2. The van der Waals surface area contributed by atoms with Gasteiger partial charge in [-0.3, -0.25) is 9.59 Å². The number of hydrogen-bond donors (Lipinski definition) is 4. The van der Waals surface area contributed by atoms with E-state index in [0.29, 0.717) is 6.54 Å². The molecular weight excluding hydrogens is 592 g/mol.